The van der Waals surface area contributed by atoms with Crippen LogP contribution in [-0.4, -0.2) is 51.4 Å². The van der Waals surface area contributed by atoms with Gasteiger partial charge < -0.3 is 10.1 Å². The first-order valence-electron chi connectivity index (χ1n) is 8.94. The van der Waals surface area contributed by atoms with Crippen LogP contribution in [0.1, 0.15) is 35.7 Å². The smallest absolute Gasteiger partial charge is 0.148 e. The summed E-state index contributed by atoms with van der Waals surface area (Å²) in [4.78, 5) is 7.10. The molecule has 2 aliphatic rings. The van der Waals surface area contributed by atoms with E-state index in [1.807, 2.05) is 19.1 Å². The van der Waals surface area contributed by atoms with Crippen molar-refractivity contribution in [3.05, 3.63) is 33.9 Å². The number of piperidine rings is 1. The minimum atomic E-state index is -0.0287. The van der Waals surface area contributed by atoms with E-state index < -0.39 is 0 Å². The molecule has 2 aliphatic heterocycles. The Kier molecular flexibility index (Phi) is 4.71. The third-order valence-electron chi connectivity index (χ3n) is 5.03. The van der Waals surface area contributed by atoms with Crippen molar-refractivity contribution in [2.75, 3.05) is 25.0 Å². The lowest BCUT2D eigenvalue weighted by Gasteiger charge is -2.39. The minimum absolute atomic E-state index is 0.0287. The normalized spacial score (nSPS) is 27.0. The highest BCUT2D eigenvalue weighted by molar-refractivity contribution is 7.09. The van der Waals surface area contributed by atoms with E-state index in [4.69, 9.17) is 4.74 Å². The van der Waals surface area contributed by atoms with Crippen molar-refractivity contribution in [1.82, 2.24) is 20.1 Å². The molecule has 0 saturated carbocycles. The number of ether oxygens (including phenoxy) is 1. The number of hydrogen-bond acceptors (Lipinski definition) is 7. The lowest BCUT2D eigenvalue weighted by molar-refractivity contribution is -0.0535. The second-order valence-corrected chi connectivity index (χ2v) is 8.33. The maximum absolute atomic E-state index is 6.29. The molecular weight excluding hydrogens is 334 g/mol. The van der Waals surface area contributed by atoms with Crippen molar-refractivity contribution < 1.29 is 4.74 Å². The Morgan fingerprint density at radius 3 is 3.04 bits per heavy atom. The molecule has 1 N–H and O–H groups in total. The maximum atomic E-state index is 6.29. The van der Waals surface area contributed by atoms with E-state index in [1.54, 1.807) is 11.3 Å². The lowest BCUT2D eigenvalue weighted by Crippen LogP contribution is -2.47. The number of thiazole rings is 1. The first-order chi connectivity index (χ1) is 12.1. The van der Waals surface area contributed by atoms with Crippen LogP contribution in [0.2, 0.25) is 0 Å². The average molecular weight is 359 g/mol. The highest BCUT2D eigenvalue weighted by Gasteiger charge is 2.43. The van der Waals surface area contributed by atoms with Gasteiger partial charge in [0.05, 0.1) is 34.6 Å². The molecule has 2 aromatic rings. The standard InChI is InChI=1S/C18H25N5OS/c1-13-4-5-17(22-21-13)20-15-8-18(24-10-15)6-3-7-23(12-18)9-16-11-25-14(2)19-16/h4-5,11,15H,3,6-10,12H2,1-2H3,(H,20,22)/t15-,18+/m1/s1. The van der Waals surface area contributed by atoms with Gasteiger partial charge >= 0.3 is 0 Å². The third kappa shape index (κ3) is 3.99. The molecular formula is C18H25N5OS. The number of anilines is 1. The topological polar surface area (TPSA) is 63.2 Å². The lowest BCUT2D eigenvalue weighted by atomic mass is 9.88. The molecule has 0 aromatic carbocycles. The second-order valence-electron chi connectivity index (χ2n) is 7.27. The van der Waals surface area contributed by atoms with Gasteiger partial charge in [-0.3, -0.25) is 4.90 Å². The largest absolute Gasteiger partial charge is 0.371 e. The molecule has 1 spiro atoms. The molecule has 0 bridgehead atoms. The molecule has 0 amide bonds. The van der Waals surface area contributed by atoms with Crippen molar-refractivity contribution in [3.63, 3.8) is 0 Å². The van der Waals surface area contributed by atoms with Crippen LogP contribution < -0.4 is 5.32 Å². The predicted octanol–water partition coefficient (Wildman–Crippen LogP) is 2.79. The molecule has 4 heterocycles. The molecule has 2 atom stereocenters. The zero-order chi connectivity index (χ0) is 17.3. The van der Waals surface area contributed by atoms with Gasteiger partial charge in [0.2, 0.25) is 0 Å². The summed E-state index contributed by atoms with van der Waals surface area (Å²) in [5.74, 6) is 0.835. The van der Waals surface area contributed by atoms with Crippen molar-refractivity contribution in [3.8, 4) is 0 Å². The second kappa shape index (κ2) is 6.97. The predicted molar refractivity (Wildman–Crippen MR) is 98.8 cm³/mol. The van der Waals surface area contributed by atoms with E-state index >= 15 is 0 Å². The third-order valence-corrected chi connectivity index (χ3v) is 5.85. The van der Waals surface area contributed by atoms with E-state index in [0.717, 1.165) is 55.6 Å². The molecule has 0 unspecified atom stereocenters. The molecule has 2 aromatic heterocycles. The summed E-state index contributed by atoms with van der Waals surface area (Å²) >= 11 is 1.73. The highest BCUT2D eigenvalue weighted by Crippen LogP contribution is 2.36. The van der Waals surface area contributed by atoms with Gasteiger partial charge in [-0.15, -0.1) is 16.4 Å². The van der Waals surface area contributed by atoms with E-state index in [0.29, 0.717) is 6.04 Å². The highest BCUT2D eigenvalue weighted by atomic mass is 32.1. The van der Waals surface area contributed by atoms with Gasteiger partial charge in [0.15, 0.2) is 0 Å². The number of nitrogens with zero attached hydrogens (tertiary/aromatic N) is 4. The van der Waals surface area contributed by atoms with Crippen LogP contribution in [0.15, 0.2) is 17.5 Å². The Morgan fingerprint density at radius 1 is 1.36 bits per heavy atom. The monoisotopic (exact) mass is 359 g/mol. The van der Waals surface area contributed by atoms with Crippen molar-refractivity contribution in [1.29, 1.82) is 0 Å². The quantitative estimate of drug-likeness (QED) is 0.906. The van der Waals surface area contributed by atoms with Crippen LogP contribution in [0.5, 0.6) is 0 Å². The van der Waals surface area contributed by atoms with E-state index in [1.165, 1.54) is 12.1 Å². The summed E-state index contributed by atoms with van der Waals surface area (Å²) in [5.41, 5.74) is 2.09. The van der Waals surface area contributed by atoms with E-state index in [9.17, 15) is 0 Å². The van der Waals surface area contributed by atoms with Crippen LogP contribution >= 0.6 is 11.3 Å². The number of rotatable bonds is 4. The molecule has 0 radical (unpaired) electrons. The first-order valence-corrected chi connectivity index (χ1v) is 9.82. The Hall–Kier alpha value is -1.57. The molecule has 4 rings (SSSR count). The van der Waals surface area contributed by atoms with Gasteiger partial charge in [0.1, 0.15) is 5.82 Å². The van der Waals surface area contributed by atoms with Crippen LogP contribution in [-0.2, 0) is 11.3 Å². The number of aryl methyl sites for hydroxylation is 2. The molecule has 25 heavy (non-hydrogen) atoms. The van der Waals surface area contributed by atoms with Gasteiger partial charge in [0, 0.05) is 24.9 Å². The Morgan fingerprint density at radius 2 is 2.28 bits per heavy atom. The van der Waals surface area contributed by atoms with Crippen molar-refractivity contribution >= 4 is 17.2 Å². The summed E-state index contributed by atoms with van der Waals surface area (Å²) in [5, 5.41) is 15.1. The summed E-state index contributed by atoms with van der Waals surface area (Å²) in [6.07, 6.45) is 3.34. The van der Waals surface area contributed by atoms with Crippen molar-refractivity contribution in [2.24, 2.45) is 0 Å². The van der Waals surface area contributed by atoms with Crippen LogP contribution in [0.3, 0.4) is 0 Å². The summed E-state index contributed by atoms with van der Waals surface area (Å²) in [7, 11) is 0. The summed E-state index contributed by atoms with van der Waals surface area (Å²) in [6, 6.07) is 4.28. The number of nitrogens with one attached hydrogen (secondary N) is 1. The number of aromatic nitrogens is 3. The first kappa shape index (κ1) is 16.9. The van der Waals surface area contributed by atoms with E-state index in [-0.39, 0.29) is 5.60 Å². The SMILES string of the molecule is Cc1ccc(N[C@H]2CO[C@@]3(CCCN(Cc4csc(C)n4)C3)C2)nn1. The van der Waals surface area contributed by atoms with Gasteiger partial charge in [0.25, 0.3) is 0 Å². The fourth-order valence-corrected chi connectivity index (χ4v) is 4.55. The number of likely N-dealkylation sites (tertiary alicyclic amines) is 1. The molecule has 7 heteroatoms. The fraction of sp³-hybridized carbons (Fsp3) is 0.611. The van der Waals surface area contributed by atoms with Crippen molar-refractivity contribution in [2.45, 2.75) is 51.3 Å². The zero-order valence-corrected chi connectivity index (χ0v) is 15.7. The average Bonchev–Trinajstić information content (AvgIpc) is 3.16. The van der Waals surface area contributed by atoms with Crippen LogP contribution in [0.4, 0.5) is 5.82 Å². The Labute approximate surface area is 152 Å². The molecule has 0 aliphatic carbocycles. The minimum Gasteiger partial charge on any atom is -0.371 e. The van der Waals surface area contributed by atoms with Gasteiger partial charge in [-0.05, 0) is 45.4 Å². The molecule has 6 nitrogen and oxygen atoms in total. The molecule has 2 fully saturated rings. The summed E-state index contributed by atoms with van der Waals surface area (Å²) in [6.45, 7) is 7.79. The Balaban J connectivity index is 1.36. The summed E-state index contributed by atoms with van der Waals surface area (Å²) < 4.78 is 6.29. The van der Waals surface area contributed by atoms with Crippen LogP contribution in [0.25, 0.3) is 0 Å². The number of hydrogen-bond donors (Lipinski definition) is 1. The molecule has 2 saturated heterocycles. The molecule has 134 valence electrons. The van der Waals surface area contributed by atoms with Gasteiger partial charge in [-0.2, -0.15) is 5.10 Å². The van der Waals surface area contributed by atoms with Crippen LogP contribution in [0, 0.1) is 13.8 Å². The Bertz CT molecular complexity index is 719. The maximum Gasteiger partial charge on any atom is 0.148 e. The van der Waals surface area contributed by atoms with Gasteiger partial charge in [-0.1, -0.05) is 0 Å². The fourth-order valence-electron chi connectivity index (χ4n) is 3.94. The zero-order valence-electron chi connectivity index (χ0n) is 14.9. The van der Waals surface area contributed by atoms with Gasteiger partial charge in [-0.25, -0.2) is 4.98 Å². The van der Waals surface area contributed by atoms with E-state index in [2.05, 4.69) is 37.7 Å².